The number of rotatable bonds is 1. The summed E-state index contributed by atoms with van der Waals surface area (Å²) in [4.78, 5) is 18.1. The van der Waals surface area contributed by atoms with Crippen LogP contribution in [0.25, 0.3) is 0 Å². The van der Waals surface area contributed by atoms with Gasteiger partial charge in [0, 0.05) is 16.2 Å². The molecule has 6 heteroatoms. The highest BCUT2D eigenvalue weighted by Crippen LogP contribution is 2.26. The minimum atomic E-state index is -0.176. The SMILES string of the molecule is O=C(Nc1ccccn1)N1CCOc2ccc(Br)cc2C1. The van der Waals surface area contributed by atoms with Crippen LogP contribution in [0.5, 0.6) is 5.75 Å². The van der Waals surface area contributed by atoms with E-state index >= 15 is 0 Å². The summed E-state index contributed by atoms with van der Waals surface area (Å²) in [6.45, 7) is 1.52. The summed E-state index contributed by atoms with van der Waals surface area (Å²) >= 11 is 3.44. The van der Waals surface area contributed by atoms with Gasteiger partial charge in [-0.15, -0.1) is 0 Å². The van der Waals surface area contributed by atoms with Crippen molar-refractivity contribution in [2.24, 2.45) is 0 Å². The number of amides is 2. The van der Waals surface area contributed by atoms with Crippen LogP contribution in [0.2, 0.25) is 0 Å². The number of carbonyl (C=O) groups excluding carboxylic acids is 1. The number of nitrogens with one attached hydrogen (secondary N) is 1. The Bertz CT molecular complexity index is 649. The van der Waals surface area contributed by atoms with E-state index in [0.29, 0.717) is 25.5 Å². The molecule has 1 aromatic carbocycles. The molecule has 0 atom stereocenters. The minimum Gasteiger partial charge on any atom is -0.491 e. The van der Waals surface area contributed by atoms with E-state index in [0.717, 1.165) is 15.8 Å². The number of aromatic nitrogens is 1. The molecule has 108 valence electrons. The smallest absolute Gasteiger partial charge is 0.323 e. The van der Waals surface area contributed by atoms with E-state index in [9.17, 15) is 4.79 Å². The Hall–Kier alpha value is -2.08. The van der Waals surface area contributed by atoms with Gasteiger partial charge in [0.05, 0.1) is 13.1 Å². The van der Waals surface area contributed by atoms with Crippen molar-refractivity contribution in [3.05, 3.63) is 52.6 Å². The topological polar surface area (TPSA) is 54.5 Å². The molecule has 0 saturated heterocycles. The van der Waals surface area contributed by atoms with Gasteiger partial charge in [0.1, 0.15) is 18.2 Å². The Morgan fingerprint density at radius 3 is 3.05 bits per heavy atom. The van der Waals surface area contributed by atoms with Gasteiger partial charge in [-0.05, 0) is 30.3 Å². The molecule has 3 rings (SSSR count). The zero-order valence-electron chi connectivity index (χ0n) is 11.3. The maximum absolute atomic E-state index is 12.3. The molecule has 0 unspecified atom stereocenters. The van der Waals surface area contributed by atoms with Crippen molar-refractivity contribution in [3.8, 4) is 5.75 Å². The summed E-state index contributed by atoms with van der Waals surface area (Å²) in [5.41, 5.74) is 0.984. The fourth-order valence-corrected chi connectivity index (χ4v) is 2.57. The van der Waals surface area contributed by atoms with Crippen molar-refractivity contribution in [2.45, 2.75) is 6.54 Å². The normalized spacial score (nSPS) is 13.9. The van der Waals surface area contributed by atoms with Crippen LogP contribution in [0.15, 0.2) is 47.1 Å². The monoisotopic (exact) mass is 347 g/mol. The maximum Gasteiger partial charge on any atom is 0.323 e. The Morgan fingerprint density at radius 1 is 1.33 bits per heavy atom. The van der Waals surface area contributed by atoms with Crippen molar-refractivity contribution in [1.29, 1.82) is 0 Å². The van der Waals surface area contributed by atoms with E-state index in [1.807, 2.05) is 30.3 Å². The lowest BCUT2D eigenvalue weighted by atomic mass is 10.2. The first-order valence-electron chi connectivity index (χ1n) is 6.60. The second kappa shape index (κ2) is 6.13. The van der Waals surface area contributed by atoms with Crippen molar-refractivity contribution in [3.63, 3.8) is 0 Å². The van der Waals surface area contributed by atoms with Gasteiger partial charge in [-0.1, -0.05) is 22.0 Å². The highest BCUT2D eigenvalue weighted by molar-refractivity contribution is 9.10. The summed E-state index contributed by atoms with van der Waals surface area (Å²) < 4.78 is 6.65. The first-order valence-corrected chi connectivity index (χ1v) is 7.40. The number of halogens is 1. The highest BCUT2D eigenvalue weighted by Gasteiger charge is 2.20. The Balaban J connectivity index is 1.75. The van der Waals surface area contributed by atoms with Crippen LogP contribution in [-0.4, -0.2) is 29.1 Å². The van der Waals surface area contributed by atoms with E-state index in [1.54, 1.807) is 17.2 Å². The van der Waals surface area contributed by atoms with Gasteiger partial charge in [0.2, 0.25) is 0 Å². The molecular weight excluding hydrogens is 334 g/mol. The van der Waals surface area contributed by atoms with E-state index in [4.69, 9.17) is 4.74 Å². The Morgan fingerprint density at radius 2 is 2.24 bits per heavy atom. The van der Waals surface area contributed by atoms with Gasteiger partial charge in [0.15, 0.2) is 0 Å². The number of benzene rings is 1. The van der Waals surface area contributed by atoms with Crippen LogP contribution >= 0.6 is 15.9 Å². The summed E-state index contributed by atoms with van der Waals surface area (Å²) in [6.07, 6.45) is 1.65. The van der Waals surface area contributed by atoms with Gasteiger partial charge >= 0.3 is 6.03 Å². The molecule has 0 aliphatic carbocycles. The van der Waals surface area contributed by atoms with Crippen molar-refractivity contribution < 1.29 is 9.53 Å². The third-order valence-electron chi connectivity index (χ3n) is 3.19. The average molecular weight is 348 g/mol. The molecule has 0 spiro atoms. The van der Waals surface area contributed by atoms with Crippen LogP contribution in [0.4, 0.5) is 10.6 Å². The van der Waals surface area contributed by atoms with Crippen molar-refractivity contribution in [1.82, 2.24) is 9.88 Å². The first-order chi connectivity index (χ1) is 10.2. The average Bonchev–Trinajstić information content (AvgIpc) is 2.70. The second-order valence-corrected chi connectivity index (χ2v) is 5.58. The van der Waals surface area contributed by atoms with Crippen LogP contribution in [-0.2, 0) is 6.54 Å². The molecule has 1 N–H and O–H groups in total. The van der Waals surface area contributed by atoms with Gasteiger partial charge in [-0.25, -0.2) is 9.78 Å². The molecule has 2 heterocycles. The van der Waals surface area contributed by atoms with E-state index in [2.05, 4.69) is 26.2 Å². The van der Waals surface area contributed by atoms with E-state index in [-0.39, 0.29) is 6.03 Å². The highest BCUT2D eigenvalue weighted by atomic mass is 79.9. The van der Waals surface area contributed by atoms with Crippen LogP contribution in [0, 0.1) is 0 Å². The maximum atomic E-state index is 12.3. The number of ether oxygens (including phenoxy) is 1. The number of urea groups is 1. The van der Waals surface area contributed by atoms with Crippen molar-refractivity contribution >= 4 is 27.8 Å². The Labute approximate surface area is 131 Å². The lowest BCUT2D eigenvalue weighted by Crippen LogP contribution is -2.36. The summed E-state index contributed by atoms with van der Waals surface area (Å²) in [7, 11) is 0. The van der Waals surface area contributed by atoms with E-state index in [1.165, 1.54) is 0 Å². The predicted octanol–water partition coefficient (Wildman–Crippen LogP) is 3.27. The van der Waals surface area contributed by atoms with Crippen LogP contribution in [0.1, 0.15) is 5.56 Å². The molecule has 5 nitrogen and oxygen atoms in total. The third-order valence-corrected chi connectivity index (χ3v) is 3.68. The molecule has 1 aliphatic heterocycles. The van der Waals surface area contributed by atoms with Gasteiger partial charge in [-0.2, -0.15) is 0 Å². The fraction of sp³-hybridized carbons (Fsp3) is 0.200. The van der Waals surface area contributed by atoms with E-state index < -0.39 is 0 Å². The van der Waals surface area contributed by atoms with Crippen LogP contribution < -0.4 is 10.1 Å². The molecule has 0 radical (unpaired) electrons. The van der Waals surface area contributed by atoms with Gasteiger partial charge < -0.3 is 9.64 Å². The predicted molar refractivity (Wildman–Crippen MR) is 83.3 cm³/mol. The zero-order valence-corrected chi connectivity index (χ0v) is 12.8. The lowest BCUT2D eigenvalue weighted by Gasteiger charge is -2.20. The summed E-state index contributed by atoms with van der Waals surface area (Å²) in [5.74, 6) is 1.37. The number of hydrogen-bond acceptors (Lipinski definition) is 3. The number of carbonyl (C=O) groups is 1. The summed E-state index contributed by atoms with van der Waals surface area (Å²) in [5, 5.41) is 2.79. The quantitative estimate of drug-likeness (QED) is 0.861. The number of fused-ring (bicyclic) bond motifs is 1. The number of nitrogens with zero attached hydrogens (tertiary/aromatic N) is 2. The number of anilines is 1. The molecule has 2 amide bonds. The molecule has 0 fully saturated rings. The fourth-order valence-electron chi connectivity index (χ4n) is 2.16. The lowest BCUT2D eigenvalue weighted by molar-refractivity contribution is 0.200. The molecule has 0 saturated carbocycles. The standard InChI is InChI=1S/C15H14BrN3O2/c16-12-4-5-13-11(9-12)10-19(7-8-21-13)15(20)18-14-3-1-2-6-17-14/h1-6,9H,7-8,10H2,(H,17,18,20). The summed E-state index contributed by atoms with van der Waals surface area (Å²) in [6, 6.07) is 11.1. The molecule has 21 heavy (non-hydrogen) atoms. The zero-order chi connectivity index (χ0) is 14.7. The van der Waals surface area contributed by atoms with Gasteiger partial charge in [0.25, 0.3) is 0 Å². The molecule has 1 aliphatic rings. The largest absolute Gasteiger partial charge is 0.491 e. The molecule has 0 bridgehead atoms. The minimum absolute atomic E-state index is 0.176. The molecule has 2 aromatic rings. The number of hydrogen-bond donors (Lipinski definition) is 1. The Kier molecular flexibility index (Phi) is 4.06. The number of pyridine rings is 1. The van der Waals surface area contributed by atoms with Crippen LogP contribution in [0.3, 0.4) is 0 Å². The third kappa shape index (κ3) is 3.33. The first kappa shape index (κ1) is 13.9. The van der Waals surface area contributed by atoms with Gasteiger partial charge in [-0.3, -0.25) is 5.32 Å². The van der Waals surface area contributed by atoms with Crippen molar-refractivity contribution in [2.75, 3.05) is 18.5 Å². The second-order valence-electron chi connectivity index (χ2n) is 4.67. The molecular formula is C15H14BrN3O2. The molecule has 1 aromatic heterocycles.